The van der Waals surface area contributed by atoms with Gasteiger partial charge in [0.05, 0.1) is 18.1 Å². The summed E-state index contributed by atoms with van der Waals surface area (Å²) in [6.07, 6.45) is 3.62. The number of nitrogens with zero attached hydrogens (tertiary/aromatic N) is 4. The van der Waals surface area contributed by atoms with Gasteiger partial charge in [-0.25, -0.2) is 14.6 Å². The molecule has 2 aliphatic rings. The van der Waals surface area contributed by atoms with E-state index in [1.807, 2.05) is 46.6 Å². The Kier molecular flexibility index (Phi) is 17.7. The fraction of sp³-hybridized carbons (Fsp3) is 0.651. The average molecular weight is 870 g/mol. The molecule has 18 heteroatoms. The number of likely N-dealkylation sites (N-methyl/N-ethyl adjacent to an activating group) is 1. The molecule has 1 saturated heterocycles. The van der Waals surface area contributed by atoms with Crippen LogP contribution in [0.3, 0.4) is 0 Å². The molecule has 4 rings (SSSR count). The molecule has 0 unspecified atom stereocenters. The van der Waals surface area contributed by atoms with Gasteiger partial charge in [0, 0.05) is 55.0 Å². The van der Waals surface area contributed by atoms with E-state index in [1.165, 1.54) is 24.6 Å². The number of benzene rings is 1. The molecule has 0 bridgehead atoms. The topological polar surface area (TPSA) is 219 Å². The number of alkyl carbamates (subject to hydrolysis) is 1. The minimum atomic E-state index is -1.01. The number of nitrogens with one attached hydrogen (secondary N) is 3. The molecule has 2 heterocycles. The fourth-order valence-corrected chi connectivity index (χ4v) is 8.87. The summed E-state index contributed by atoms with van der Waals surface area (Å²) < 4.78 is 10.6. The van der Waals surface area contributed by atoms with Crippen molar-refractivity contribution in [3.8, 4) is 0 Å². The molecule has 17 nitrogen and oxygen atoms in total. The largest absolute Gasteiger partial charge is 0.463 e. The molecule has 2 fully saturated rings. The molecule has 1 aliphatic heterocycles. The predicted octanol–water partition coefficient (Wildman–Crippen LogP) is 5.37. The Labute approximate surface area is 362 Å². The Balaban J connectivity index is 1.61. The van der Waals surface area contributed by atoms with Crippen molar-refractivity contribution < 1.29 is 43.2 Å². The van der Waals surface area contributed by atoms with Gasteiger partial charge in [-0.1, -0.05) is 59.6 Å². The second kappa shape index (κ2) is 22.2. The summed E-state index contributed by atoms with van der Waals surface area (Å²) >= 11 is 1.12. The Morgan fingerprint density at radius 2 is 1.75 bits per heavy atom. The number of Topliss-reactive ketones (excluding diaryl/α,β-unsaturated/α-hetero) is 1. The van der Waals surface area contributed by atoms with E-state index in [0.29, 0.717) is 42.8 Å². The first-order valence-electron chi connectivity index (χ1n) is 21.3. The van der Waals surface area contributed by atoms with Crippen LogP contribution in [0.15, 0.2) is 29.6 Å². The third-order valence-corrected chi connectivity index (χ3v) is 13.0. The van der Waals surface area contributed by atoms with E-state index < -0.39 is 58.3 Å². The smallest absolute Gasteiger partial charge is 0.407 e. The molecular weight excluding hydrogens is 807 g/mol. The number of hydrogen-bond acceptors (Lipinski definition) is 13. The molecule has 3 N–H and O–H groups in total. The van der Waals surface area contributed by atoms with Crippen molar-refractivity contribution in [1.82, 2.24) is 30.7 Å². The van der Waals surface area contributed by atoms with E-state index in [9.17, 15) is 38.9 Å². The number of thiazole rings is 1. The zero-order valence-electron chi connectivity index (χ0n) is 36.7. The normalized spacial score (nSPS) is 18.4. The maximum atomic E-state index is 14.7. The van der Waals surface area contributed by atoms with Crippen molar-refractivity contribution in [1.29, 1.82) is 0 Å². The number of piperidine rings is 1. The van der Waals surface area contributed by atoms with Crippen molar-refractivity contribution >= 4 is 52.6 Å². The van der Waals surface area contributed by atoms with E-state index in [4.69, 9.17) is 9.47 Å². The molecule has 0 spiro atoms. The Morgan fingerprint density at radius 3 is 2.31 bits per heavy atom. The predicted molar refractivity (Wildman–Crippen MR) is 229 cm³/mol. The van der Waals surface area contributed by atoms with Gasteiger partial charge >= 0.3 is 12.1 Å². The van der Waals surface area contributed by atoms with Gasteiger partial charge in [0.1, 0.15) is 16.7 Å². The van der Waals surface area contributed by atoms with Gasteiger partial charge in [0.15, 0.2) is 6.10 Å². The van der Waals surface area contributed by atoms with Crippen LogP contribution in [-0.2, 0) is 35.1 Å². The molecule has 1 aromatic carbocycles. The third kappa shape index (κ3) is 12.8. The first-order valence-corrected chi connectivity index (χ1v) is 22.2. The number of carbonyl (C=O) groups is 6. The highest BCUT2D eigenvalue weighted by Gasteiger charge is 2.54. The molecular formula is C43H63N7O10S. The zero-order valence-corrected chi connectivity index (χ0v) is 37.5. The number of likely N-dealkylation sites (tertiary alicyclic amines) is 1. The molecule has 61 heavy (non-hydrogen) atoms. The highest BCUT2D eigenvalue weighted by Crippen LogP contribution is 2.51. The maximum absolute atomic E-state index is 14.7. The Bertz CT molecular complexity index is 1870. The minimum absolute atomic E-state index is 0.0261. The van der Waals surface area contributed by atoms with E-state index in [1.54, 1.807) is 17.0 Å². The quantitative estimate of drug-likeness (QED) is 0.0589. The first-order chi connectivity index (χ1) is 29.0. The van der Waals surface area contributed by atoms with Crippen LogP contribution in [0.2, 0.25) is 0 Å². The van der Waals surface area contributed by atoms with E-state index in [-0.39, 0.29) is 60.3 Å². The van der Waals surface area contributed by atoms with Gasteiger partial charge in [0.25, 0.3) is 11.6 Å². The van der Waals surface area contributed by atoms with Crippen molar-refractivity contribution in [2.75, 3.05) is 34.3 Å². The molecule has 6 atom stereocenters. The lowest BCUT2D eigenvalue weighted by atomic mass is 9.89. The summed E-state index contributed by atoms with van der Waals surface area (Å²) in [6, 6.07) is 3.64. The summed E-state index contributed by atoms with van der Waals surface area (Å²) in [6.45, 7) is 11.1. The number of amides is 4. The average Bonchev–Trinajstić information content (AvgIpc) is 3.85. The molecule has 1 aromatic heterocycles. The van der Waals surface area contributed by atoms with Crippen LogP contribution in [0.5, 0.6) is 0 Å². The number of esters is 1. The molecule has 2 aromatic rings. The number of non-ortho nitro benzene ring substituents is 1. The third-order valence-electron chi connectivity index (χ3n) is 12.0. The minimum Gasteiger partial charge on any atom is -0.463 e. The van der Waals surface area contributed by atoms with Gasteiger partial charge in [-0.05, 0) is 75.9 Å². The highest BCUT2D eigenvalue weighted by molar-refractivity contribution is 7.09. The van der Waals surface area contributed by atoms with Crippen LogP contribution >= 0.6 is 11.3 Å². The SMILES string of the molecule is CCCN(C(=O)[C@@H](NC(=O)[C@H]1CCCCN1C)[C@@H](C)CC)[C@H](C[C@@H](OC(=O)NC)c1nc(C(=O)N[C@@H](Cc2ccc([N+](=O)[O-])cc2)CC2(C(=O)C(=O)OC)CC2)cs1)C(C)C. The van der Waals surface area contributed by atoms with Crippen LogP contribution in [0, 0.1) is 27.4 Å². The molecule has 1 saturated carbocycles. The number of hydrogen-bond donors (Lipinski definition) is 3. The van der Waals surface area contributed by atoms with Gasteiger partial charge in [0.2, 0.25) is 17.6 Å². The molecule has 1 aliphatic carbocycles. The van der Waals surface area contributed by atoms with E-state index >= 15 is 0 Å². The zero-order chi connectivity index (χ0) is 45.0. The summed E-state index contributed by atoms with van der Waals surface area (Å²) in [7, 11) is 4.50. The fourth-order valence-electron chi connectivity index (χ4n) is 8.03. The number of methoxy groups -OCH3 is 1. The number of nitro benzene ring substituents is 1. The maximum Gasteiger partial charge on any atom is 0.407 e. The van der Waals surface area contributed by atoms with E-state index in [0.717, 1.165) is 44.3 Å². The lowest BCUT2D eigenvalue weighted by Crippen LogP contribution is -2.58. The number of rotatable bonds is 22. The van der Waals surface area contributed by atoms with Crippen molar-refractivity contribution in [2.24, 2.45) is 17.3 Å². The van der Waals surface area contributed by atoms with Crippen molar-refractivity contribution in [3.63, 3.8) is 0 Å². The van der Waals surface area contributed by atoms with Crippen LogP contribution in [0.25, 0.3) is 0 Å². The molecule has 0 radical (unpaired) electrons. The van der Waals surface area contributed by atoms with E-state index in [2.05, 4.69) is 20.9 Å². The van der Waals surface area contributed by atoms with Gasteiger partial charge in [-0.3, -0.25) is 34.2 Å². The van der Waals surface area contributed by atoms with Crippen LogP contribution in [0.1, 0.15) is 120 Å². The van der Waals surface area contributed by atoms with Crippen LogP contribution in [-0.4, -0.2) is 114 Å². The lowest BCUT2D eigenvalue weighted by molar-refractivity contribution is -0.384. The molecule has 4 amide bonds. The second-order valence-electron chi connectivity index (χ2n) is 16.8. The lowest BCUT2D eigenvalue weighted by Gasteiger charge is -2.40. The van der Waals surface area contributed by atoms with Gasteiger partial charge in [-0.15, -0.1) is 11.3 Å². The summed E-state index contributed by atoms with van der Waals surface area (Å²) in [5.41, 5.74) is -0.419. The summed E-state index contributed by atoms with van der Waals surface area (Å²) in [5, 5.41) is 21.7. The number of ether oxygens (including phenoxy) is 2. The Morgan fingerprint density at radius 1 is 1.07 bits per heavy atom. The number of aromatic nitrogens is 1. The number of ketones is 1. The van der Waals surface area contributed by atoms with Gasteiger partial charge < -0.3 is 30.3 Å². The summed E-state index contributed by atoms with van der Waals surface area (Å²) in [4.78, 5) is 99.6. The van der Waals surface area contributed by atoms with Gasteiger partial charge in [-0.2, -0.15) is 0 Å². The standard InChI is InChI=1S/C43H63N7O10S/c1-9-20-49(40(54)35(27(5)10-2)47-38(53)32-13-11-12-21-48(32)7)33(26(3)4)23-34(60-42(56)44-6)39-46-31(25-61-39)37(52)45-29(22-28-14-16-30(17-15-28)50(57)58)24-43(18-19-43)36(51)41(55)59-8/h14-17,25-27,29,32-35H,9-13,18-24H2,1-8H3,(H,44,56)(H,45,52)(H,47,53)/t27-,29-,32+,33+,34+,35-/m0/s1. The first kappa shape index (κ1) is 48.7. The van der Waals surface area contributed by atoms with Crippen molar-refractivity contribution in [3.05, 3.63) is 56.0 Å². The number of nitro groups is 1. The second-order valence-corrected chi connectivity index (χ2v) is 17.7. The number of carbonyl (C=O) groups excluding carboxylic acids is 6. The van der Waals surface area contributed by atoms with Crippen molar-refractivity contribution in [2.45, 2.75) is 129 Å². The van der Waals surface area contributed by atoms with Crippen LogP contribution in [0.4, 0.5) is 10.5 Å². The molecule has 336 valence electrons. The highest BCUT2D eigenvalue weighted by atomic mass is 32.1. The Hall–Kier alpha value is -4.97. The summed E-state index contributed by atoms with van der Waals surface area (Å²) in [5.74, 6) is -2.86. The monoisotopic (exact) mass is 869 g/mol. The van der Waals surface area contributed by atoms with Crippen LogP contribution < -0.4 is 16.0 Å².